The number of aryl methyl sites for hydroxylation is 1. The van der Waals surface area contributed by atoms with Crippen molar-refractivity contribution in [1.29, 1.82) is 0 Å². The molecule has 1 rings (SSSR count). The Labute approximate surface area is 112 Å². The van der Waals surface area contributed by atoms with Gasteiger partial charge >= 0.3 is 0 Å². The molecule has 17 heavy (non-hydrogen) atoms. The summed E-state index contributed by atoms with van der Waals surface area (Å²) in [5.41, 5.74) is 5.34. The number of nitrogens with one attached hydrogen (secondary N) is 1. The molecule has 0 saturated carbocycles. The third kappa shape index (κ3) is 3.78. The molecule has 1 aromatic rings. The molecule has 2 atom stereocenters. The number of hydrogen-bond acceptors (Lipinski definition) is 3. The van der Waals surface area contributed by atoms with E-state index in [0.717, 1.165) is 17.5 Å². The summed E-state index contributed by atoms with van der Waals surface area (Å²) in [5.74, 6) is 6.10. The molecule has 96 valence electrons. The van der Waals surface area contributed by atoms with Crippen LogP contribution in [-0.4, -0.2) is 13.7 Å². The number of rotatable bonds is 6. The summed E-state index contributed by atoms with van der Waals surface area (Å²) in [6, 6.07) is 6.38. The van der Waals surface area contributed by atoms with Crippen molar-refractivity contribution in [3.05, 3.63) is 33.8 Å². The van der Waals surface area contributed by atoms with Gasteiger partial charge in [-0.1, -0.05) is 41.1 Å². The zero-order chi connectivity index (χ0) is 12.8. The Balaban J connectivity index is 2.89. The van der Waals surface area contributed by atoms with Gasteiger partial charge in [-0.25, -0.2) is 0 Å². The minimum absolute atomic E-state index is 0.138. The summed E-state index contributed by atoms with van der Waals surface area (Å²) >= 11 is 3.63. The monoisotopic (exact) mass is 300 g/mol. The fraction of sp³-hybridized carbons (Fsp3) is 0.538. The second kappa shape index (κ2) is 7.11. The summed E-state index contributed by atoms with van der Waals surface area (Å²) in [4.78, 5) is 0. The molecule has 0 aliphatic carbocycles. The van der Waals surface area contributed by atoms with E-state index in [4.69, 9.17) is 10.6 Å². The summed E-state index contributed by atoms with van der Waals surface area (Å²) in [7, 11) is 1.72. The van der Waals surface area contributed by atoms with E-state index < -0.39 is 0 Å². The number of nitrogens with two attached hydrogens (primary N) is 1. The smallest absolute Gasteiger partial charge is 0.0497 e. The predicted molar refractivity (Wildman–Crippen MR) is 74.6 cm³/mol. The average molecular weight is 301 g/mol. The summed E-state index contributed by atoms with van der Waals surface area (Å²) < 4.78 is 6.25. The number of hydrazine groups is 1. The van der Waals surface area contributed by atoms with Crippen LogP contribution in [0.2, 0.25) is 0 Å². The van der Waals surface area contributed by atoms with Crippen LogP contribution in [0.4, 0.5) is 0 Å². The Bertz CT molecular complexity index is 357. The highest BCUT2D eigenvalue weighted by atomic mass is 79.9. The lowest BCUT2D eigenvalue weighted by atomic mass is 9.92. The first-order chi connectivity index (χ1) is 8.11. The molecule has 0 aromatic heterocycles. The van der Waals surface area contributed by atoms with Gasteiger partial charge in [0.15, 0.2) is 0 Å². The molecule has 0 aliphatic heterocycles. The minimum atomic E-state index is 0.138. The first-order valence-electron chi connectivity index (χ1n) is 5.81. The largest absolute Gasteiger partial charge is 0.385 e. The fourth-order valence-electron chi connectivity index (χ4n) is 1.94. The van der Waals surface area contributed by atoms with Crippen molar-refractivity contribution < 1.29 is 4.74 Å². The van der Waals surface area contributed by atoms with Gasteiger partial charge in [0.2, 0.25) is 0 Å². The SMILES string of the molecule is COCCC(C)C(NN)c1cccc(C)c1Br. The van der Waals surface area contributed by atoms with Gasteiger partial charge in [0, 0.05) is 24.2 Å². The van der Waals surface area contributed by atoms with Crippen molar-refractivity contribution in [1.82, 2.24) is 5.43 Å². The second-order valence-electron chi connectivity index (χ2n) is 4.38. The van der Waals surface area contributed by atoms with Gasteiger partial charge in [-0.15, -0.1) is 0 Å². The Morgan fingerprint density at radius 3 is 2.76 bits per heavy atom. The van der Waals surface area contributed by atoms with E-state index in [1.54, 1.807) is 7.11 Å². The maximum Gasteiger partial charge on any atom is 0.0497 e. The molecular formula is C13H21BrN2O. The second-order valence-corrected chi connectivity index (χ2v) is 5.17. The zero-order valence-electron chi connectivity index (χ0n) is 10.7. The van der Waals surface area contributed by atoms with Crippen LogP contribution in [0.25, 0.3) is 0 Å². The number of halogens is 1. The van der Waals surface area contributed by atoms with Crippen LogP contribution in [0.15, 0.2) is 22.7 Å². The van der Waals surface area contributed by atoms with Crippen molar-refractivity contribution in [3.63, 3.8) is 0 Å². The first kappa shape index (κ1) is 14.6. The number of ether oxygens (including phenoxy) is 1. The minimum Gasteiger partial charge on any atom is -0.385 e. The Morgan fingerprint density at radius 2 is 2.18 bits per heavy atom. The van der Waals surface area contributed by atoms with Gasteiger partial charge in [-0.2, -0.15) is 0 Å². The van der Waals surface area contributed by atoms with Crippen LogP contribution >= 0.6 is 15.9 Å². The van der Waals surface area contributed by atoms with Crippen molar-refractivity contribution in [2.24, 2.45) is 11.8 Å². The van der Waals surface area contributed by atoms with E-state index in [0.29, 0.717) is 5.92 Å². The topological polar surface area (TPSA) is 47.3 Å². The van der Waals surface area contributed by atoms with Gasteiger partial charge in [0.1, 0.15) is 0 Å². The number of methoxy groups -OCH3 is 1. The van der Waals surface area contributed by atoms with Gasteiger partial charge in [-0.05, 0) is 30.4 Å². The molecular weight excluding hydrogens is 280 g/mol. The van der Waals surface area contributed by atoms with Gasteiger partial charge in [0.05, 0.1) is 0 Å². The predicted octanol–water partition coefficient (Wildman–Crippen LogP) is 2.93. The molecule has 0 fully saturated rings. The standard InChI is InChI=1S/C13H21BrN2O/c1-9-5-4-6-11(12(9)14)13(16-15)10(2)7-8-17-3/h4-6,10,13,16H,7-8,15H2,1-3H3. The van der Waals surface area contributed by atoms with E-state index in [1.165, 1.54) is 11.1 Å². The molecule has 0 heterocycles. The third-order valence-electron chi connectivity index (χ3n) is 3.08. The van der Waals surface area contributed by atoms with E-state index in [2.05, 4.69) is 53.4 Å². The first-order valence-corrected chi connectivity index (χ1v) is 6.61. The number of hydrogen-bond donors (Lipinski definition) is 2. The quantitative estimate of drug-likeness (QED) is 0.627. The zero-order valence-corrected chi connectivity index (χ0v) is 12.3. The van der Waals surface area contributed by atoms with Crippen molar-refractivity contribution in [3.8, 4) is 0 Å². The van der Waals surface area contributed by atoms with Crippen LogP contribution in [0.3, 0.4) is 0 Å². The van der Waals surface area contributed by atoms with Crippen molar-refractivity contribution >= 4 is 15.9 Å². The lowest BCUT2D eigenvalue weighted by Crippen LogP contribution is -2.33. The van der Waals surface area contributed by atoms with Crippen LogP contribution < -0.4 is 11.3 Å². The van der Waals surface area contributed by atoms with Crippen LogP contribution in [0.5, 0.6) is 0 Å². The van der Waals surface area contributed by atoms with E-state index in [9.17, 15) is 0 Å². The molecule has 0 amide bonds. The lowest BCUT2D eigenvalue weighted by molar-refractivity contribution is 0.170. The van der Waals surface area contributed by atoms with Gasteiger partial charge in [0.25, 0.3) is 0 Å². The summed E-state index contributed by atoms with van der Waals surface area (Å²) in [5, 5.41) is 0. The maximum absolute atomic E-state index is 5.68. The van der Waals surface area contributed by atoms with E-state index in [-0.39, 0.29) is 6.04 Å². The molecule has 0 aliphatic rings. The Morgan fingerprint density at radius 1 is 1.47 bits per heavy atom. The molecule has 2 unspecified atom stereocenters. The van der Waals surface area contributed by atoms with E-state index in [1.807, 2.05) is 0 Å². The average Bonchev–Trinajstić information content (AvgIpc) is 2.32. The van der Waals surface area contributed by atoms with Gasteiger partial charge < -0.3 is 4.74 Å². The highest BCUT2D eigenvalue weighted by Crippen LogP contribution is 2.31. The van der Waals surface area contributed by atoms with Crippen molar-refractivity contribution in [2.45, 2.75) is 26.3 Å². The normalized spacial score (nSPS) is 14.6. The molecule has 3 N–H and O–H groups in total. The van der Waals surface area contributed by atoms with Gasteiger partial charge in [-0.3, -0.25) is 11.3 Å². The Kier molecular flexibility index (Phi) is 6.12. The maximum atomic E-state index is 5.68. The van der Waals surface area contributed by atoms with Crippen LogP contribution in [0, 0.1) is 12.8 Å². The molecule has 0 radical (unpaired) electrons. The van der Waals surface area contributed by atoms with E-state index >= 15 is 0 Å². The highest BCUT2D eigenvalue weighted by molar-refractivity contribution is 9.10. The summed E-state index contributed by atoms with van der Waals surface area (Å²) in [6.07, 6.45) is 0.978. The number of benzene rings is 1. The molecule has 1 aromatic carbocycles. The molecule has 3 nitrogen and oxygen atoms in total. The molecule has 4 heteroatoms. The Hall–Kier alpha value is -0.420. The molecule has 0 bridgehead atoms. The third-order valence-corrected chi connectivity index (χ3v) is 4.17. The van der Waals surface area contributed by atoms with Crippen molar-refractivity contribution in [2.75, 3.05) is 13.7 Å². The molecule has 0 spiro atoms. The highest BCUT2D eigenvalue weighted by Gasteiger charge is 2.20. The van der Waals surface area contributed by atoms with Crippen LogP contribution in [0.1, 0.15) is 30.5 Å². The summed E-state index contributed by atoms with van der Waals surface area (Å²) in [6.45, 7) is 5.02. The lowest BCUT2D eigenvalue weighted by Gasteiger charge is -2.25. The van der Waals surface area contributed by atoms with Crippen LogP contribution in [-0.2, 0) is 4.74 Å². The molecule has 0 saturated heterocycles. The fourth-order valence-corrected chi connectivity index (χ4v) is 2.45.